The highest BCUT2D eigenvalue weighted by atomic mass is 79.9. The van der Waals surface area contributed by atoms with Crippen LogP contribution in [0.25, 0.3) is 0 Å². The van der Waals surface area contributed by atoms with Gasteiger partial charge < -0.3 is 9.47 Å². The van der Waals surface area contributed by atoms with E-state index in [1.165, 1.54) is 17.5 Å². The molecule has 3 heteroatoms. The largest absolute Gasteiger partial charge is 0.384 e. The van der Waals surface area contributed by atoms with E-state index >= 15 is 0 Å². The standard InChI is InChI=1S/C15H21BrO2/c1-11-7-10-18-15(11)14(16)13-5-3-12(4-6-13)8-9-17-2/h3-6,11,14-15H,7-10H2,1-2H3. The zero-order chi connectivity index (χ0) is 13.0. The molecule has 3 unspecified atom stereocenters. The van der Waals surface area contributed by atoms with Gasteiger partial charge in [-0.3, -0.25) is 0 Å². The Morgan fingerprint density at radius 1 is 1.39 bits per heavy atom. The topological polar surface area (TPSA) is 18.5 Å². The van der Waals surface area contributed by atoms with Gasteiger partial charge in [-0.2, -0.15) is 0 Å². The first kappa shape index (κ1) is 14.0. The van der Waals surface area contributed by atoms with Crippen molar-refractivity contribution in [2.24, 2.45) is 5.92 Å². The highest BCUT2D eigenvalue weighted by Gasteiger charge is 2.31. The van der Waals surface area contributed by atoms with Crippen LogP contribution in [-0.4, -0.2) is 26.4 Å². The third-order valence-electron chi connectivity index (χ3n) is 3.63. The van der Waals surface area contributed by atoms with E-state index in [9.17, 15) is 0 Å². The van der Waals surface area contributed by atoms with Crippen LogP contribution in [0.2, 0.25) is 0 Å². The van der Waals surface area contributed by atoms with Crippen molar-refractivity contribution in [3.05, 3.63) is 35.4 Å². The summed E-state index contributed by atoms with van der Waals surface area (Å²) in [5.74, 6) is 0.627. The quantitative estimate of drug-likeness (QED) is 0.771. The van der Waals surface area contributed by atoms with E-state index in [2.05, 4.69) is 47.1 Å². The van der Waals surface area contributed by atoms with Gasteiger partial charge in [0.25, 0.3) is 0 Å². The van der Waals surface area contributed by atoms with Crippen molar-refractivity contribution < 1.29 is 9.47 Å². The molecule has 1 fully saturated rings. The molecule has 2 nitrogen and oxygen atoms in total. The fourth-order valence-corrected chi connectivity index (χ4v) is 3.35. The molecule has 0 bridgehead atoms. The molecule has 1 aliphatic heterocycles. The smallest absolute Gasteiger partial charge is 0.0767 e. The number of ether oxygens (including phenoxy) is 2. The lowest BCUT2D eigenvalue weighted by Crippen LogP contribution is -2.19. The number of methoxy groups -OCH3 is 1. The Kier molecular flexibility index (Phi) is 5.22. The Bertz CT molecular complexity index is 363. The van der Waals surface area contributed by atoms with E-state index in [0.29, 0.717) is 16.8 Å². The molecule has 0 aliphatic carbocycles. The summed E-state index contributed by atoms with van der Waals surface area (Å²) in [5, 5.41) is 0. The van der Waals surface area contributed by atoms with Crippen molar-refractivity contribution in [3.8, 4) is 0 Å². The van der Waals surface area contributed by atoms with Crippen LogP contribution in [-0.2, 0) is 15.9 Å². The van der Waals surface area contributed by atoms with Crippen molar-refractivity contribution in [1.29, 1.82) is 0 Å². The molecule has 2 rings (SSSR count). The minimum atomic E-state index is 0.298. The van der Waals surface area contributed by atoms with Crippen molar-refractivity contribution >= 4 is 15.9 Å². The van der Waals surface area contributed by atoms with E-state index in [-0.39, 0.29) is 0 Å². The summed E-state index contributed by atoms with van der Waals surface area (Å²) < 4.78 is 10.9. The number of hydrogen-bond donors (Lipinski definition) is 0. The molecular formula is C15H21BrO2. The maximum atomic E-state index is 5.81. The van der Waals surface area contributed by atoms with Crippen molar-refractivity contribution in [2.45, 2.75) is 30.7 Å². The van der Waals surface area contributed by atoms with Gasteiger partial charge in [0.1, 0.15) is 0 Å². The Labute approximate surface area is 118 Å². The lowest BCUT2D eigenvalue weighted by atomic mass is 9.96. The second-order valence-corrected chi connectivity index (χ2v) is 5.97. The van der Waals surface area contributed by atoms with Crippen LogP contribution in [0.4, 0.5) is 0 Å². The molecule has 0 amide bonds. The minimum Gasteiger partial charge on any atom is -0.384 e. The zero-order valence-corrected chi connectivity index (χ0v) is 12.7. The highest BCUT2D eigenvalue weighted by molar-refractivity contribution is 9.09. The van der Waals surface area contributed by atoms with Crippen molar-refractivity contribution in [2.75, 3.05) is 20.3 Å². The van der Waals surface area contributed by atoms with Gasteiger partial charge in [0, 0.05) is 13.7 Å². The summed E-state index contributed by atoms with van der Waals surface area (Å²) >= 11 is 3.78. The van der Waals surface area contributed by atoms with Crippen LogP contribution < -0.4 is 0 Å². The van der Waals surface area contributed by atoms with Gasteiger partial charge in [-0.25, -0.2) is 0 Å². The predicted molar refractivity (Wildman–Crippen MR) is 77.2 cm³/mol. The number of halogens is 1. The second-order valence-electron chi connectivity index (χ2n) is 4.99. The Hall–Kier alpha value is -0.380. The molecule has 0 N–H and O–H groups in total. The molecule has 100 valence electrons. The molecule has 0 spiro atoms. The van der Waals surface area contributed by atoms with Crippen LogP contribution in [0, 0.1) is 5.92 Å². The average molecular weight is 313 g/mol. The fraction of sp³-hybridized carbons (Fsp3) is 0.600. The maximum absolute atomic E-state index is 5.81. The first-order chi connectivity index (χ1) is 8.72. The van der Waals surface area contributed by atoms with E-state index in [0.717, 1.165) is 19.6 Å². The van der Waals surface area contributed by atoms with Crippen molar-refractivity contribution in [3.63, 3.8) is 0 Å². The third kappa shape index (κ3) is 3.34. The fourth-order valence-electron chi connectivity index (χ4n) is 2.37. The molecular weight excluding hydrogens is 292 g/mol. The van der Waals surface area contributed by atoms with Gasteiger partial charge in [0.15, 0.2) is 0 Å². The Balaban J connectivity index is 2.00. The summed E-state index contributed by atoms with van der Waals surface area (Å²) in [4.78, 5) is 0.298. The SMILES string of the molecule is COCCc1ccc(C(Br)C2OCCC2C)cc1. The normalized spacial score (nSPS) is 25.3. The van der Waals surface area contributed by atoms with Gasteiger partial charge in [-0.05, 0) is 29.9 Å². The predicted octanol–water partition coefficient (Wildman–Crippen LogP) is 3.74. The van der Waals surface area contributed by atoms with E-state index < -0.39 is 0 Å². The summed E-state index contributed by atoms with van der Waals surface area (Å²) in [5.41, 5.74) is 2.62. The first-order valence-electron chi connectivity index (χ1n) is 6.56. The highest BCUT2D eigenvalue weighted by Crippen LogP contribution is 2.37. The van der Waals surface area contributed by atoms with Gasteiger partial charge in [0.05, 0.1) is 17.5 Å². The molecule has 0 radical (unpaired) electrons. The summed E-state index contributed by atoms with van der Waals surface area (Å²) in [6.45, 7) is 3.93. The maximum Gasteiger partial charge on any atom is 0.0767 e. The molecule has 18 heavy (non-hydrogen) atoms. The van der Waals surface area contributed by atoms with E-state index in [4.69, 9.17) is 9.47 Å². The monoisotopic (exact) mass is 312 g/mol. The van der Waals surface area contributed by atoms with E-state index in [1.807, 2.05) is 0 Å². The minimum absolute atomic E-state index is 0.298. The Morgan fingerprint density at radius 2 is 2.11 bits per heavy atom. The van der Waals surface area contributed by atoms with E-state index in [1.54, 1.807) is 7.11 Å². The summed E-state index contributed by atoms with van der Waals surface area (Å²) in [7, 11) is 1.74. The van der Waals surface area contributed by atoms with Crippen LogP contribution >= 0.6 is 15.9 Å². The molecule has 0 saturated carbocycles. The third-order valence-corrected chi connectivity index (χ3v) is 4.68. The lowest BCUT2D eigenvalue weighted by Gasteiger charge is -2.21. The Morgan fingerprint density at radius 3 is 2.67 bits per heavy atom. The molecule has 1 heterocycles. The van der Waals surface area contributed by atoms with Crippen LogP contribution in [0.1, 0.15) is 29.3 Å². The molecule has 1 aromatic carbocycles. The first-order valence-corrected chi connectivity index (χ1v) is 7.47. The van der Waals surface area contributed by atoms with Gasteiger partial charge in [-0.15, -0.1) is 0 Å². The molecule has 1 saturated heterocycles. The van der Waals surface area contributed by atoms with Gasteiger partial charge in [-0.1, -0.05) is 47.1 Å². The summed E-state index contributed by atoms with van der Waals surface area (Å²) in [6, 6.07) is 8.75. The number of alkyl halides is 1. The zero-order valence-electron chi connectivity index (χ0n) is 11.1. The molecule has 0 aromatic heterocycles. The number of hydrogen-bond acceptors (Lipinski definition) is 2. The lowest BCUT2D eigenvalue weighted by molar-refractivity contribution is 0.0935. The summed E-state index contributed by atoms with van der Waals surface area (Å²) in [6.07, 6.45) is 2.44. The number of benzene rings is 1. The molecule has 3 atom stereocenters. The van der Waals surface area contributed by atoms with Crippen LogP contribution in [0.5, 0.6) is 0 Å². The average Bonchev–Trinajstić information content (AvgIpc) is 2.82. The van der Waals surface area contributed by atoms with Gasteiger partial charge in [0.2, 0.25) is 0 Å². The van der Waals surface area contributed by atoms with Crippen LogP contribution in [0.3, 0.4) is 0 Å². The van der Waals surface area contributed by atoms with Gasteiger partial charge >= 0.3 is 0 Å². The van der Waals surface area contributed by atoms with Crippen LogP contribution in [0.15, 0.2) is 24.3 Å². The molecule has 1 aromatic rings. The second kappa shape index (κ2) is 6.69. The number of rotatable bonds is 5. The van der Waals surface area contributed by atoms with Crippen molar-refractivity contribution in [1.82, 2.24) is 0 Å². The molecule has 1 aliphatic rings.